The fourth-order valence-corrected chi connectivity index (χ4v) is 3.58. The Morgan fingerprint density at radius 3 is 2.48 bits per heavy atom. The fraction of sp³-hybridized carbons (Fsp3) is 0.333. The molecule has 0 aliphatic heterocycles. The number of carbonyl (C=O) groups is 2. The van der Waals surface area contributed by atoms with Crippen molar-refractivity contribution >= 4 is 29.0 Å². The van der Waals surface area contributed by atoms with Gasteiger partial charge in [-0.3, -0.25) is 9.59 Å². The zero-order chi connectivity index (χ0) is 17.6. The van der Waals surface area contributed by atoms with Gasteiger partial charge in [-0.15, -0.1) is 0 Å². The summed E-state index contributed by atoms with van der Waals surface area (Å²) < 4.78 is 0. The number of benzene rings is 2. The number of hydrogen-bond donors (Lipinski definition) is 1. The van der Waals surface area contributed by atoms with Gasteiger partial charge in [-0.05, 0) is 30.5 Å². The molecule has 25 heavy (non-hydrogen) atoms. The Bertz CT molecular complexity index is 752. The van der Waals surface area contributed by atoms with Crippen molar-refractivity contribution in [2.45, 2.75) is 38.5 Å². The van der Waals surface area contributed by atoms with Gasteiger partial charge < -0.3 is 5.32 Å². The van der Waals surface area contributed by atoms with Gasteiger partial charge in [-0.25, -0.2) is 0 Å². The molecule has 1 aliphatic carbocycles. The summed E-state index contributed by atoms with van der Waals surface area (Å²) in [5, 5.41) is 3.37. The van der Waals surface area contributed by atoms with Crippen LogP contribution in [0.3, 0.4) is 0 Å². The van der Waals surface area contributed by atoms with E-state index in [1.54, 1.807) is 30.3 Å². The van der Waals surface area contributed by atoms with Crippen molar-refractivity contribution in [2.24, 2.45) is 5.92 Å². The normalized spacial score (nSPS) is 14.4. The molecule has 1 aliphatic rings. The second-order valence-electron chi connectivity index (χ2n) is 6.62. The zero-order valence-electron chi connectivity index (χ0n) is 14.1. The van der Waals surface area contributed by atoms with E-state index in [4.69, 9.17) is 11.6 Å². The molecule has 0 aromatic heterocycles. The highest BCUT2D eigenvalue weighted by Gasteiger charge is 2.18. The molecular weight excluding hydrogens is 334 g/mol. The number of carbonyl (C=O) groups excluding carboxylic acids is 2. The van der Waals surface area contributed by atoms with E-state index >= 15 is 0 Å². The molecule has 3 nitrogen and oxygen atoms in total. The molecule has 0 unspecified atom stereocenters. The van der Waals surface area contributed by atoms with Gasteiger partial charge in [0.15, 0.2) is 5.78 Å². The molecule has 0 atom stereocenters. The molecule has 2 aromatic carbocycles. The van der Waals surface area contributed by atoms with Crippen LogP contribution in [-0.4, -0.2) is 11.7 Å². The van der Waals surface area contributed by atoms with Crippen molar-refractivity contribution in [3.8, 4) is 0 Å². The summed E-state index contributed by atoms with van der Waals surface area (Å²) >= 11 is 6.07. The second-order valence-corrected chi connectivity index (χ2v) is 7.06. The predicted octanol–water partition coefficient (Wildman–Crippen LogP) is 5.48. The van der Waals surface area contributed by atoms with Crippen LogP contribution in [0.25, 0.3) is 0 Å². The molecule has 130 valence electrons. The van der Waals surface area contributed by atoms with Crippen LogP contribution in [0.5, 0.6) is 0 Å². The first-order valence-electron chi connectivity index (χ1n) is 8.82. The number of hydrogen-bond acceptors (Lipinski definition) is 2. The smallest absolute Gasteiger partial charge is 0.224 e. The average molecular weight is 356 g/mol. The number of nitrogens with one attached hydrogen (secondary N) is 1. The molecule has 0 radical (unpaired) electrons. The minimum atomic E-state index is -0.144. The molecule has 0 heterocycles. The number of anilines is 1. The largest absolute Gasteiger partial charge is 0.325 e. The molecular formula is C21H22ClNO2. The SMILES string of the molecule is O=C(CCC1CCCC1)Nc1ccc(Cl)cc1C(=O)c1ccccc1. The topological polar surface area (TPSA) is 46.2 Å². The fourth-order valence-electron chi connectivity index (χ4n) is 3.41. The van der Waals surface area contributed by atoms with Crippen molar-refractivity contribution in [3.05, 3.63) is 64.7 Å². The number of ketones is 1. The summed E-state index contributed by atoms with van der Waals surface area (Å²) in [5.41, 5.74) is 1.52. The van der Waals surface area contributed by atoms with Gasteiger partial charge in [0.25, 0.3) is 0 Å². The van der Waals surface area contributed by atoms with Crippen LogP contribution < -0.4 is 5.32 Å². The number of rotatable bonds is 6. The third-order valence-electron chi connectivity index (χ3n) is 4.79. The maximum absolute atomic E-state index is 12.8. The second kappa shape index (κ2) is 8.30. The van der Waals surface area contributed by atoms with Crippen molar-refractivity contribution < 1.29 is 9.59 Å². The van der Waals surface area contributed by atoms with Gasteiger partial charge in [0.05, 0.1) is 5.69 Å². The molecule has 0 saturated heterocycles. The van der Waals surface area contributed by atoms with Crippen molar-refractivity contribution in [1.82, 2.24) is 0 Å². The summed E-state index contributed by atoms with van der Waals surface area (Å²) in [6.07, 6.45) is 6.42. The van der Waals surface area contributed by atoms with Crippen molar-refractivity contribution in [3.63, 3.8) is 0 Å². The Kier molecular flexibility index (Phi) is 5.87. The van der Waals surface area contributed by atoms with Crippen LogP contribution in [0.1, 0.15) is 54.4 Å². The third kappa shape index (κ3) is 4.70. The summed E-state index contributed by atoms with van der Waals surface area (Å²) in [6, 6.07) is 14.0. The molecule has 0 spiro atoms. The quantitative estimate of drug-likeness (QED) is 0.697. The lowest BCUT2D eigenvalue weighted by Crippen LogP contribution is -2.15. The van der Waals surface area contributed by atoms with Crippen LogP contribution in [0, 0.1) is 5.92 Å². The maximum atomic E-state index is 12.8. The highest BCUT2D eigenvalue weighted by atomic mass is 35.5. The molecule has 1 saturated carbocycles. The van der Waals surface area contributed by atoms with E-state index in [9.17, 15) is 9.59 Å². The van der Waals surface area contributed by atoms with Crippen LogP contribution >= 0.6 is 11.6 Å². The summed E-state index contributed by atoms with van der Waals surface area (Å²) in [5.74, 6) is 0.479. The van der Waals surface area contributed by atoms with E-state index in [2.05, 4.69) is 5.32 Å². The first-order valence-corrected chi connectivity index (χ1v) is 9.20. The standard InChI is InChI=1S/C21H22ClNO2/c22-17-11-12-19(23-20(24)13-10-15-6-4-5-7-15)18(14-17)21(25)16-8-2-1-3-9-16/h1-3,8-9,11-12,14-15H,4-7,10,13H2,(H,23,24). The van der Waals surface area contributed by atoms with E-state index in [-0.39, 0.29) is 11.7 Å². The number of amides is 1. The lowest BCUT2D eigenvalue weighted by Gasteiger charge is -2.12. The Morgan fingerprint density at radius 2 is 1.76 bits per heavy atom. The molecule has 4 heteroatoms. The van der Waals surface area contributed by atoms with Gasteiger partial charge in [-0.2, -0.15) is 0 Å². The summed E-state index contributed by atoms with van der Waals surface area (Å²) in [6.45, 7) is 0. The summed E-state index contributed by atoms with van der Waals surface area (Å²) in [4.78, 5) is 25.1. The minimum Gasteiger partial charge on any atom is -0.325 e. The van der Waals surface area contributed by atoms with Crippen LogP contribution in [0.15, 0.2) is 48.5 Å². The van der Waals surface area contributed by atoms with Crippen molar-refractivity contribution in [1.29, 1.82) is 0 Å². The highest BCUT2D eigenvalue weighted by molar-refractivity contribution is 6.31. The predicted molar refractivity (Wildman–Crippen MR) is 101 cm³/mol. The van der Waals surface area contributed by atoms with E-state index in [0.29, 0.717) is 34.2 Å². The highest BCUT2D eigenvalue weighted by Crippen LogP contribution is 2.29. The Morgan fingerprint density at radius 1 is 1.04 bits per heavy atom. The summed E-state index contributed by atoms with van der Waals surface area (Å²) in [7, 11) is 0. The Hall–Kier alpha value is -2.13. The Labute approximate surface area is 153 Å². The average Bonchev–Trinajstić information content (AvgIpc) is 3.15. The number of halogens is 1. The Balaban J connectivity index is 1.72. The maximum Gasteiger partial charge on any atom is 0.224 e. The van der Waals surface area contributed by atoms with Gasteiger partial charge in [0, 0.05) is 22.6 Å². The van der Waals surface area contributed by atoms with Crippen LogP contribution in [0.2, 0.25) is 5.02 Å². The van der Waals surface area contributed by atoms with Gasteiger partial charge >= 0.3 is 0 Å². The first kappa shape index (κ1) is 17.7. The molecule has 3 rings (SSSR count). The third-order valence-corrected chi connectivity index (χ3v) is 5.03. The molecule has 2 aromatic rings. The van der Waals surface area contributed by atoms with E-state index in [0.717, 1.165) is 6.42 Å². The lowest BCUT2D eigenvalue weighted by atomic mass is 10.0. The molecule has 0 bridgehead atoms. The first-order chi connectivity index (χ1) is 12.1. The van der Waals surface area contributed by atoms with E-state index < -0.39 is 0 Å². The van der Waals surface area contributed by atoms with E-state index in [1.807, 2.05) is 18.2 Å². The zero-order valence-corrected chi connectivity index (χ0v) is 14.9. The van der Waals surface area contributed by atoms with Gasteiger partial charge in [0.2, 0.25) is 5.91 Å². The van der Waals surface area contributed by atoms with E-state index in [1.165, 1.54) is 25.7 Å². The van der Waals surface area contributed by atoms with Gasteiger partial charge in [-0.1, -0.05) is 67.6 Å². The molecule has 1 amide bonds. The monoisotopic (exact) mass is 355 g/mol. The van der Waals surface area contributed by atoms with Gasteiger partial charge in [0.1, 0.15) is 0 Å². The molecule has 1 N–H and O–H groups in total. The van der Waals surface area contributed by atoms with Crippen molar-refractivity contribution in [2.75, 3.05) is 5.32 Å². The van der Waals surface area contributed by atoms with Crippen LogP contribution in [0.4, 0.5) is 5.69 Å². The molecule has 1 fully saturated rings. The minimum absolute atomic E-state index is 0.0451. The lowest BCUT2D eigenvalue weighted by molar-refractivity contribution is -0.116. The van der Waals surface area contributed by atoms with Crippen LogP contribution in [-0.2, 0) is 4.79 Å².